The van der Waals surface area contributed by atoms with Crippen LogP contribution in [0.4, 0.5) is 18.9 Å². The first kappa shape index (κ1) is 12.3. The van der Waals surface area contributed by atoms with Gasteiger partial charge >= 0.3 is 6.18 Å². The van der Waals surface area contributed by atoms with E-state index in [-0.39, 0.29) is 5.91 Å². The van der Waals surface area contributed by atoms with E-state index in [9.17, 15) is 18.0 Å². The van der Waals surface area contributed by atoms with Crippen LogP contribution < -0.4 is 5.32 Å². The molecule has 0 radical (unpaired) electrons. The fourth-order valence-corrected chi connectivity index (χ4v) is 2.42. The molecule has 0 spiro atoms. The standard InChI is InChI=1S/C11H10F3NOS/c1-10(17-2)7-5-6(11(12,13)14)3-4-8(7)15-9(10)16/h3-5H,1-2H3,(H,15,16). The molecule has 1 heterocycles. The van der Waals surface area contributed by atoms with Gasteiger partial charge in [-0.3, -0.25) is 4.79 Å². The van der Waals surface area contributed by atoms with Gasteiger partial charge < -0.3 is 5.32 Å². The lowest BCUT2D eigenvalue weighted by Crippen LogP contribution is -2.26. The second-order valence-corrected chi connectivity index (χ2v) is 5.17. The van der Waals surface area contributed by atoms with E-state index in [2.05, 4.69) is 5.32 Å². The molecule has 2 nitrogen and oxygen atoms in total. The van der Waals surface area contributed by atoms with Gasteiger partial charge in [0.05, 0.1) is 5.56 Å². The summed E-state index contributed by atoms with van der Waals surface area (Å²) in [5.74, 6) is -0.278. The maximum atomic E-state index is 12.6. The summed E-state index contributed by atoms with van der Waals surface area (Å²) in [5, 5.41) is 2.59. The Hall–Kier alpha value is -1.17. The SMILES string of the molecule is CSC1(C)C(=O)Nc2ccc(C(F)(F)F)cc21. The fraction of sp³-hybridized carbons (Fsp3) is 0.364. The minimum absolute atomic E-state index is 0.278. The summed E-state index contributed by atoms with van der Waals surface area (Å²) in [7, 11) is 0. The van der Waals surface area contributed by atoms with Crippen molar-refractivity contribution >= 4 is 23.4 Å². The van der Waals surface area contributed by atoms with Gasteiger partial charge in [-0.05, 0) is 31.4 Å². The lowest BCUT2D eigenvalue weighted by Gasteiger charge is -2.19. The molecule has 1 amide bonds. The molecular weight excluding hydrogens is 251 g/mol. The number of benzene rings is 1. The third-order valence-electron chi connectivity index (χ3n) is 2.95. The number of amides is 1. The molecule has 1 atom stereocenters. The van der Waals surface area contributed by atoms with Gasteiger partial charge in [0, 0.05) is 11.3 Å². The van der Waals surface area contributed by atoms with Gasteiger partial charge in [0.1, 0.15) is 4.75 Å². The van der Waals surface area contributed by atoms with Crippen LogP contribution >= 0.6 is 11.8 Å². The van der Waals surface area contributed by atoms with Crippen molar-refractivity contribution < 1.29 is 18.0 Å². The summed E-state index contributed by atoms with van der Waals surface area (Å²) in [5.41, 5.74) is 0.123. The summed E-state index contributed by atoms with van der Waals surface area (Å²) < 4.78 is 36.8. The number of fused-ring (bicyclic) bond motifs is 1. The Balaban J connectivity index is 2.57. The third kappa shape index (κ3) is 1.80. The van der Waals surface area contributed by atoms with Crippen molar-refractivity contribution in [3.8, 4) is 0 Å². The van der Waals surface area contributed by atoms with Gasteiger partial charge in [0.15, 0.2) is 0 Å². The number of hydrogen-bond acceptors (Lipinski definition) is 2. The van der Waals surface area contributed by atoms with E-state index in [1.54, 1.807) is 13.2 Å². The number of nitrogens with one attached hydrogen (secondary N) is 1. The topological polar surface area (TPSA) is 29.1 Å². The Labute approximate surface area is 101 Å². The Morgan fingerprint density at radius 1 is 1.35 bits per heavy atom. The van der Waals surface area contributed by atoms with E-state index in [1.807, 2.05) is 0 Å². The first-order valence-corrected chi connectivity index (χ1v) is 6.10. The van der Waals surface area contributed by atoms with Crippen molar-refractivity contribution in [3.05, 3.63) is 29.3 Å². The fourth-order valence-electron chi connectivity index (χ4n) is 1.79. The number of anilines is 1. The second-order valence-electron chi connectivity index (χ2n) is 3.95. The predicted molar refractivity (Wildman–Crippen MR) is 60.9 cm³/mol. The molecule has 0 fully saturated rings. The minimum atomic E-state index is -4.39. The number of carbonyl (C=O) groups is 1. The van der Waals surface area contributed by atoms with Gasteiger partial charge in [0.25, 0.3) is 0 Å². The van der Waals surface area contributed by atoms with E-state index in [1.165, 1.54) is 17.8 Å². The van der Waals surface area contributed by atoms with E-state index < -0.39 is 16.5 Å². The quantitative estimate of drug-likeness (QED) is 0.840. The van der Waals surface area contributed by atoms with Crippen molar-refractivity contribution in [1.29, 1.82) is 0 Å². The van der Waals surface area contributed by atoms with Crippen molar-refractivity contribution in [1.82, 2.24) is 0 Å². The highest BCUT2D eigenvalue weighted by molar-refractivity contribution is 8.00. The second kappa shape index (κ2) is 3.66. The van der Waals surface area contributed by atoms with Crippen molar-refractivity contribution in [2.75, 3.05) is 11.6 Å². The molecule has 17 heavy (non-hydrogen) atoms. The monoisotopic (exact) mass is 261 g/mol. The molecule has 0 aliphatic carbocycles. The Morgan fingerprint density at radius 2 is 2.00 bits per heavy atom. The van der Waals surface area contributed by atoms with Gasteiger partial charge in [-0.15, -0.1) is 11.8 Å². The number of thioether (sulfide) groups is 1. The molecule has 0 saturated carbocycles. The maximum Gasteiger partial charge on any atom is 0.416 e. The molecule has 6 heteroatoms. The Kier molecular flexibility index (Phi) is 2.65. The van der Waals surface area contributed by atoms with Crippen molar-refractivity contribution in [2.24, 2.45) is 0 Å². The summed E-state index contributed by atoms with van der Waals surface area (Å²) in [6, 6.07) is 3.33. The molecular formula is C11H10F3NOS. The number of hydrogen-bond donors (Lipinski definition) is 1. The largest absolute Gasteiger partial charge is 0.416 e. The van der Waals surface area contributed by atoms with Crippen LogP contribution in [0.25, 0.3) is 0 Å². The number of alkyl halides is 3. The zero-order valence-corrected chi connectivity index (χ0v) is 10.00. The van der Waals surface area contributed by atoms with Gasteiger partial charge in [-0.25, -0.2) is 0 Å². The number of halogens is 3. The van der Waals surface area contributed by atoms with Gasteiger partial charge in [-0.1, -0.05) is 0 Å². The molecule has 92 valence electrons. The molecule has 0 bridgehead atoms. The van der Waals surface area contributed by atoms with Crippen LogP contribution in [-0.4, -0.2) is 12.2 Å². The van der Waals surface area contributed by atoms with Crippen LogP contribution in [0.1, 0.15) is 18.1 Å². The normalized spacial score (nSPS) is 23.5. The Bertz CT molecular complexity index is 486. The zero-order valence-electron chi connectivity index (χ0n) is 9.18. The molecule has 2 rings (SSSR count). The molecule has 1 N–H and O–H groups in total. The summed E-state index contributed by atoms with van der Waals surface area (Å²) in [6.45, 7) is 1.62. The van der Waals surface area contributed by atoms with E-state index in [0.717, 1.165) is 12.1 Å². The molecule has 1 aromatic rings. The van der Waals surface area contributed by atoms with Crippen LogP contribution in [0.3, 0.4) is 0 Å². The zero-order chi connectivity index (χ0) is 12.8. The molecule has 1 unspecified atom stereocenters. The van der Waals surface area contributed by atoms with Crippen molar-refractivity contribution in [3.63, 3.8) is 0 Å². The highest BCUT2D eigenvalue weighted by atomic mass is 32.2. The predicted octanol–water partition coefficient (Wildman–Crippen LogP) is 3.24. The highest BCUT2D eigenvalue weighted by Gasteiger charge is 2.43. The van der Waals surface area contributed by atoms with Crippen LogP contribution in [0, 0.1) is 0 Å². The lowest BCUT2D eigenvalue weighted by atomic mass is 9.99. The van der Waals surface area contributed by atoms with Gasteiger partial charge in [0.2, 0.25) is 5.91 Å². The molecule has 0 saturated heterocycles. The van der Waals surface area contributed by atoms with Crippen LogP contribution in [-0.2, 0) is 15.7 Å². The molecule has 1 aromatic carbocycles. The molecule has 1 aliphatic rings. The smallest absolute Gasteiger partial charge is 0.324 e. The van der Waals surface area contributed by atoms with Crippen LogP contribution in [0.15, 0.2) is 18.2 Å². The average molecular weight is 261 g/mol. The van der Waals surface area contributed by atoms with Crippen molar-refractivity contribution in [2.45, 2.75) is 17.8 Å². The number of rotatable bonds is 1. The lowest BCUT2D eigenvalue weighted by molar-refractivity contribution is -0.137. The maximum absolute atomic E-state index is 12.6. The third-order valence-corrected chi connectivity index (χ3v) is 4.17. The average Bonchev–Trinajstić information content (AvgIpc) is 2.50. The van der Waals surface area contributed by atoms with E-state index >= 15 is 0 Å². The molecule has 0 aromatic heterocycles. The van der Waals surface area contributed by atoms with E-state index in [0.29, 0.717) is 11.3 Å². The van der Waals surface area contributed by atoms with Gasteiger partial charge in [-0.2, -0.15) is 13.2 Å². The summed E-state index contributed by atoms with van der Waals surface area (Å²) >= 11 is 1.23. The summed E-state index contributed by atoms with van der Waals surface area (Å²) in [6.07, 6.45) is -2.69. The first-order valence-electron chi connectivity index (χ1n) is 4.87. The summed E-state index contributed by atoms with van der Waals surface area (Å²) in [4.78, 5) is 11.7. The molecule has 1 aliphatic heterocycles. The minimum Gasteiger partial charge on any atom is -0.324 e. The van der Waals surface area contributed by atoms with Crippen LogP contribution in [0.2, 0.25) is 0 Å². The highest BCUT2D eigenvalue weighted by Crippen LogP contribution is 2.46. The number of carbonyl (C=O) groups excluding carboxylic acids is 1. The van der Waals surface area contributed by atoms with Crippen LogP contribution in [0.5, 0.6) is 0 Å². The first-order chi connectivity index (χ1) is 7.79. The Morgan fingerprint density at radius 3 is 2.53 bits per heavy atom. The van der Waals surface area contributed by atoms with E-state index in [4.69, 9.17) is 0 Å².